The van der Waals surface area contributed by atoms with Crippen LogP contribution in [-0.2, 0) is 9.53 Å². The van der Waals surface area contributed by atoms with Crippen LogP contribution < -0.4 is 0 Å². The summed E-state index contributed by atoms with van der Waals surface area (Å²) in [5.74, 6) is 0.832. The fourth-order valence-corrected chi connectivity index (χ4v) is 2.32. The van der Waals surface area contributed by atoms with Crippen LogP contribution in [0.15, 0.2) is 0 Å². The second-order valence-electron chi connectivity index (χ2n) is 4.30. The maximum absolute atomic E-state index is 12.0. The molecule has 0 aliphatic carbocycles. The summed E-state index contributed by atoms with van der Waals surface area (Å²) < 4.78 is 5.54. The molecule has 1 saturated heterocycles. The molecule has 0 aromatic heterocycles. The standard InChI is InChI=1S/C12H22O2/c1-4-6-9(3)12(13)10-7-8-14-11(10)5-2/h9-11H,4-8H2,1-3H3. The van der Waals surface area contributed by atoms with E-state index < -0.39 is 0 Å². The number of rotatable bonds is 5. The van der Waals surface area contributed by atoms with Gasteiger partial charge in [0.25, 0.3) is 0 Å². The van der Waals surface area contributed by atoms with Gasteiger partial charge in [0.1, 0.15) is 5.78 Å². The highest BCUT2D eigenvalue weighted by Gasteiger charge is 2.34. The van der Waals surface area contributed by atoms with Crippen molar-refractivity contribution in [3.63, 3.8) is 0 Å². The molecule has 0 bridgehead atoms. The van der Waals surface area contributed by atoms with Gasteiger partial charge in [-0.1, -0.05) is 27.2 Å². The first kappa shape index (κ1) is 11.7. The Balaban J connectivity index is 2.50. The van der Waals surface area contributed by atoms with E-state index in [0.29, 0.717) is 5.78 Å². The molecule has 3 atom stereocenters. The van der Waals surface area contributed by atoms with Gasteiger partial charge in [0, 0.05) is 18.4 Å². The van der Waals surface area contributed by atoms with Crippen molar-refractivity contribution in [3.05, 3.63) is 0 Å². The highest BCUT2D eigenvalue weighted by Crippen LogP contribution is 2.27. The monoisotopic (exact) mass is 198 g/mol. The van der Waals surface area contributed by atoms with E-state index in [4.69, 9.17) is 4.74 Å². The van der Waals surface area contributed by atoms with Gasteiger partial charge < -0.3 is 4.74 Å². The molecule has 1 rings (SSSR count). The summed E-state index contributed by atoms with van der Waals surface area (Å²) in [5.41, 5.74) is 0. The van der Waals surface area contributed by atoms with E-state index in [0.717, 1.165) is 32.3 Å². The van der Waals surface area contributed by atoms with Crippen molar-refractivity contribution < 1.29 is 9.53 Å². The zero-order valence-electron chi connectivity index (χ0n) is 9.58. The third kappa shape index (κ3) is 2.57. The Morgan fingerprint density at radius 3 is 2.79 bits per heavy atom. The number of carbonyl (C=O) groups is 1. The summed E-state index contributed by atoms with van der Waals surface area (Å²) in [4.78, 5) is 12.0. The minimum absolute atomic E-state index is 0.182. The molecular weight excluding hydrogens is 176 g/mol. The molecule has 1 aliphatic heterocycles. The Bertz CT molecular complexity index is 189. The lowest BCUT2D eigenvalue weighted by molar-refractivity contribution is -0.128. The third-order valence-electron chi connectivity index (χ3n) is 3.18. The Hall–Kier alpha value is -0.370. The second-order valence-corrected chi connectivity index (χ2v) is 4.30. The molecule has 2 nitrogen and oxygen atoms in total. The summed E-state index contributed by atoms with van der Waals surface area (Å²) in [6.45, 7) is 7.05. The molecule has 2 heteroatoms. The van der Waals surface area contributed by atoms with Crippen LogP contribution in [0.25, 0.3) is 0 Å². The lowest BCUT2D eigenvalue weighted by Gasteiger charge is -2.19. The minimum atomic E-state index is 0.182. The number of ether oxygens (including phenoxy) is 1. The lowest BCUT2D eigenvalue weighted by Crippen LogP contribution is -2.28. The van der Waals surface area contributed by atoms with Gasteiger partial charge >= 0.3 is 0 Å². The lowest BCUT2D eigenvalue weighted by atomic mass is 9.86. The number of Topliss-reactive ketones (excluding diaryl/α,β-unsaturated/α-hetero) is 1. The fourth-order valence-electron chi connectivity index (χ4n) is 2.32. The van der Waals surface area contributed by atoms with E-state index in [1.165, 1.54) is 0 Å². The number of carbonyl (C=O) groups excluding carboxylic acids is 1. The van der Waals surface area contributed by atoms with Gasteiger partial charge in [0.05, 0.1) is 6.10 Å². The van der Waals surface area contributed by atoms with Crippen LogP contribution in [-0.4, -0.2) is 18.5 Å². The Morgan fingerprint density at radius 1 is 1.50 bits per heavy atom. The van der Waals surface area contributed by atoms with Crippen LogP contribution in [0.4, 0.5) is 0 Å². The molecule has 1 aliphatic rings. The molecular formula is C12H22O2. The van der Waals surface area contributed by atoms with Crippen molar-refractivity contribution in [2.45, 2.75) is 52.6 Å². The molecule has 1 fully saturated rings. The third-order valence-corrected chi connectivity index (χ3v) is 3.18. The quantitative estimate of drug-likeness (QED) is 0.679. The Labute approximate surface area is 87.0 Å². The van der Waals surface area contributed by atoms with Crippen LogP contribution >= 0.6 is 0 Å². The smallest absolute Gasteiger partial charge is 0.141 e. The van der Waals surface area contributed by atoms with Gasteiger partial charge in [-0.3, -0.25) is 4.79 Å². The van der Waals surface area contributed by atoms with E-state index in [-0.39, 0.29) is 17.9 Å². The van der Waals surface area contributed by atoms with Gasteiger partial charge in [0.2, 0.25) is 0 Å². The SMILES string of the molecule is CCCC(C)C(=O)C1CCOC1CC. The summed E-state index contributed by atoms with van der Waals surface area (Å²) in [5, 5.41) is 0. The van der Waals surface area contributed by atoms with Crippen molar-refractivity contribution in [3.8, 4) is 0 Å². The second kappa shape index (κ2) is 5.50. The van der Waals surface area contributed by atoms with Crippen LogP contribution in [0, 0.1) is 11.8 Å². The maximum atomic E-state index is 12.0. The summed E-state index contributed by atoms with van der Waals surface area (Å²) in [7, 11) is 0. The predicted molar refractivity (Wildman–Crippen MR) is 57.2 cm³/mol. The number of hydrogen-bond donors (Lipinski definition) is 0. The Kier molecular flexibility index (Phi) is 4.59. The molecule has 0 aromatic carbocycles. The zero-order chi connectivity index (χ0) is 10.6. The van der Waals surface area contributed by atoms with Crippen molar-refractivity contribution in [1.29, 1.82) is 0 Å². The molecule has 3 unspecified atom stereocenters. The zero-order valence-corrected chi connectivity index (χ0v) is 9.58. The van der Waals surface area contributed by atoms with Crippen molar-refractivity contribution in [1.82, 2.24) is 0 Å². The maximum Gasteiger partial charge on any atom is 0.141 e. The number of hydrogen-bond acceptors (Lipinski definition) is 2. The van der Waals surface area contributed by atoms with E-state index >= 15 is 0 Å². The van der Waals surface area contributed by atoms with Crippen molar-refractivity contribution in [2.75, 3.05) is 6.61 Å². The highest BCUT2D eigenvalue weighted by atomic mass is 16.5. The largest absolute Gasteiger partial charge is 0.377 e. The average Bonchev–Trinajstić information content (AvgIpc) is 2.64. The molecule has 1 heterocycles. The van der Waals surface area contributed by atoms with Gasteiger partial charge in [-0.15, -0.1) is 0 Å². The van der Waals surface area contributed by atoms with Crippen LogP contribution in [0.3, 0.4) is 0 Å². The first-order valence-corrected chi connectivity index (χ1v) is 5.86. The first-order valence-electron chi connectivity index (χ1n) is 5.86. The van der Waals surface area contributed by atoms with E-state index in [1.54, 1.807) is 0 Å². The van der Waals surface area contributed by atoms with Crippen molar-refractivity contribution in [2.24, 2.45) is 11.8 Å². The summed E-state index contributed by atoms with van der Waals surface area (Å²) >= 11 is 0. The molecule has 0 saturated carbocycles. The average molecular weight is 198 g/mol. The van der Waals surface area contributed by atoms with Gasteiger partial charge in [0.15, 0.2) is 0 Å². The number of ketones is 1. The molecule has 0 N–H and O–H groups in total. The summed E-state index contributed by atoms with van der Waals surface area (Å²) in [6.07, 6.45) is 4.21. The van der Waals surface area contributed by atoms with Crippen LogP contribution in [0.2, 0.25) is 0 Å². The Morgan fingerprint density at radius 2 is 2.21 bits per heavy atom. The van der Waals surface area contributed by atoms with Gasteiger partial charge in [-0.2, -0.15) is 0 Å². The van der Waals surface area contributed by atoms with Gasteiger partial charge in [-0.05, 0) is 19.3 Å². The van der Waals surface area contributed by atoms with E-state index in [9.17, 15) is 4.79 Å². The predicted octanol–water partition coefficient (Wildman–Crippen LogP) is 2.81. The van der Waals surface area contributed by atoms with E-state index in [2.05, 4.69) is 20.8 Å². The van der Waals surface area contributed by atoms with E-state index in [1.807, 2.05) is 0 Å². The molecule has 14 heavy (non-hydrogen) atoms. The minimum Gasteiger partial charge on any atom is -0.377 e. The summed E-state index contributed by atoms with van der Waals surface area (Å²) in [6, 6.07) is 0. The molecule has 0 amide bonds. The highest BCUT2D eigenvalue weighted by molar-refractivity contribution is 5.83. The molecule has 82 valence electrons. The topological polar surface area (TPSA) is 26.3 Å². The van der Waals surface area contributed by atoms with Crippen molar-refractivity contribution >= 4 is 5.78 Å². The first-order chi connectivity index (χ1) is 6.70. The molecule has 0 spiro atoms. The normalized spacial score (nSPS) is 29.1. The molecule has 0 radical (unpaired) electrons. The molecule has 0 aromatic rings. The van der Waals surface area contributed by atoms with Gasteiger partial charge in [-0.25, -0.2) is 0 Å². The van der Waals surface area contributed by atoms with Crippen LogP contribution in [0.1, 0.15) is 46.5 Å². The fraction of sp³-hybridized carbons (Fsp3) is 0.917. The van der Waals surface area contributed by atoms with Crippen LogP contribution in [0.5, 0.6) is 0 Å².